The number of nitrogens with zero attached hydrogens (tertiary/aromatic N) is 5. The van der Waals surface area contributed by atoms with Crippen LogP contribution in [0.25, 0.3) is 0 Å². The van der Waals surface area contributed by atoms with Crippen molar-refractivity contribution in [2.75, 3.05) is 24.5 Å². The van der Waals surface area contributed by atoms with Gasteiger partial charge in [-0.05, 0) is 6.92 Å². The van der Waals surface area contributed by atoms with Crippen molar-refractivity contribution in [2.45, 2.75) is 18.5 Å². The molecule has 7 heteroatoms. The van der Waals surface area contributed by atoms with Gasteiger partial charge in [0.25, 0.3) is 0 Å². The van der Waals surface area contributed by atoms with E-state index in [9.17, 15) is 0 Å². The average molecular weight is 293 g/mol. The first kappa shape index (κ1) is 13.3. The number of aromatic amines is 1. The molecule has 2 unspecified atom stereocenters. The topological polar surface area (TPSA) is 60.9 Å². The summed E-state index contributed by atoms with van der Waals surface area (Å²) in [6.45, 7) is 4.67. The molecule has 0 radical (unpaired) electrons. The fraction of sp³-hybridized carbons (Fsp3) is 0.462. The van der Waals surface area contributed by atoms with Crippen molar-refractivity contribution in [2.24, 2.45) is 0 Å². The van der Waals surface area contributed by atoms with Crippen molar-refractivity contribution in [3.8, 4) is 0 Å². The van der Waals surface area contributed by atoms with Crippen LogP contribution in [0, 0.1) is 0 Å². The lowest BCUT2D eigenvalue weighted by Crippen LogP contribution is -2.51. The Balaban J connectivity index is 1.68. The van der Waals surface area contributed by atoms with Crippen LogP contribution in [0.3, 0.4) is 0 Å². The number of halogens is 1. The van der Waals surface area contributed by atoms with Gasteiger partial charge in [0.2, 0.25) is 0 Å². The third-order valence-corrected chi connectivity index (χ3v) is 4.12. The van der Waals surface area contributed by atoms with Crippen molar-refractivity contribution < 1.29 is 0 Å². The normalized spacial score (nSPS) is 21.9. The number of H-pyrrole nitrogens is 1. The predicted octanol–water partition coefficient (Wildman–Crippen LogP) is 1.65. The van der Waals surface area contributed by atoms with E-state index in [1.807, 2.05) is 12.4 Å². The molecule has 6 nitrogen and oxygen atoms in total. The molecule has 1 saturated heterocycles. The van der Waals surface area contributed by atoms with Gasteiger partial charge in [0, 0.05) is 49.8 Å². The molecule has 3 rings (SSSR count). The second kappa shape index (κ2) is 5.76. The van der Waals surface area contributed by atoms with Gasteiger partial charge >= 0.3 is 0 Å². The van der Waals surface area contributed by atoms with Gasteiger partial charge in [0.1, 0.15) is 11.3 Å². The number of aromatic nitrogens is 4. The van der Waals surface area contributed by atoms with Gasteiger partial charge in [-0.2, -0.15) is 5.10 Å². The number of anilines is 1. The summed E-state index contributed by atoms with van der Waals surface area (Å²) in [4.78, 5) is 12.9. The molecular weight excluding hydrogens is 276 g/mol. The molecular formula is C13H17ClN6. The van der Waals surface area contributed by atoms with Crippen LogP contribution in [0.2, 0.25) is 0 Å². The Hall–Kier alpha value is -1.66. The van der Waals surface area contributed by atoms with Gasteiger partial charge in [0.05, 0.1) is 12.4 Å². The second-order valence-electron chi connectivity index (χ2n) is 4.89. The fourth-order valence-electron chi connectivity index (χ4n) is 2.53. The third-order valence-electron chi connectivity index (χ3n) is 3.73. The highest BCUT2D eigenvalue weighted by atomic mass is 35.5. The zero-order chi connectivity index (χ0) is 13.9. The Morgan fingerprint density at radius 3 is 2.90 bits per heavy atom. The molecule has 3 heterocycles. The van der Waals surface area contributed by atoms with Crippen molar-refractivity contribution >= 4 is 17.4 Å². The molecule has 2 aromatic rings. The lowest BCUT2D eigenvalue weighted by atomic mass is 10.1. The van der Waals surface area contributed by atoms with Crippen molar-refractivity contribution in [1.29, 1.82) is 0 Å². The first-order chi connectivity index (χ1) is 9.75. The van der Waals surface area contributed by atoms with Crippen LogP contribution in [0.5, 0.6) is 0 Å². The minimum absolute atomic E-state index is 0.0596. The summed E-state index contributed by atoms with van der Waals surface area (Å²) in [7, 11) is 0. The predicted molar refractivity (Wildman–Crippen MR) is 77.6 cm³/mol. The third kappa shape index (κ3) is 2.62. The number of nitrogens with one attached hydrogen (secondary N) is 1. The maximum Gasteiger partial charge on any atom is 0.147 e. The van der Waals surface area contributed by atoms with E-state index in [0.29, 0.717) is 0 Å². The summed E-state index contributed by atoms with van der Waals surface area (Å²) < 4.78 is 0. The molecule has 1 aliphatic heterocycles. The zero-order valence-electron chi connectivity index (χ0n) is 11.3. The van der Waals surface area contributed by atoms with E-state index in [4.69, 9.17) is 11.6 Å². The van der Waals surface area contributed by atoms with Gasteiger partial charge in [0.15, 0.2) is 0 Å². The van der Waals surface area contributed by atoms with E-state index >= 15 is 0 Å². The minimum atomic E-state index is -0.0596. The summed E-state index contributed by atoms with van der Waals surface area (Å²) in [6.07, 6.45) is 8.93. The molecule has 20 heavy (non-hydrogen) atoms. The van der Waals surface area contributed by atoms with Crippen LogP contribution in [-0.2, 0) is 0 Å². The van der Waals surface area contributed by atoms with Crippen molar-refractivity contribution in [1.82, 2.24) is 25.1 Å². The van der Waals surface area contributed by atoms with Gasteiger partial charge in [-0.3, -0.25) is 15.0 Å². The Morgan fingerprint density at radius 2 is 2.25 bits per heavy atom. The lowest BCUT2D eigenvalue weighted by Gasteiger charge is -2.41. The highest BCUT2D eigenvalue weighted by molar-refractivity contribution is 6.20. The molecule has 1 aliphatic rings. The van der Waals surface area contributed by atoms with Crippen molar-refractivity contribution in [3.05, 3.63) is 36.5 Å². The molecule has 0 aliphatic carbocycles. The largest absolute Gasteiger partial charge is 0.351 e. The molecule has 0 saturated carbocycles. The van der Waals surface area contributed by atoms with Crippen molar-refractivity contribution in [3.63, 3.8) is 0 Å². The summed E-state index contributed by atoms with van der Waals surface area (Å²) in [5.41, 5.74) is 1.10. The number of hydrogen-bond acceptors (Lipinski definition) is 5. The lowest BCUT2D eigenvalue weighted by molar-refractivity contribution is 0.174. The molecule has 106 valence electrons. The quantitative estimate of drug-likeness (QED) is 0.688. The van der Waals surface area contributed by atoms with Crippen LogP contribution in [0.1, 0.15) is 18.5 Å². The highest BCUT2D eigenvalue weighted by Gasteiger charge is 2.30. The van der Waals surface area contributed by atoms with Gasteiger partial charge in [-0.1, -0.05) is 0 Å². The Kier molecular flexibility index (Phi) is 3.84. The van der Waals surface area contributed by atoms with Gasteiger partial charge in [-0.15, -0.1) is 11.6 Å². The van der Waals surface area contributed by atoms with Gasteiger partial charge in [-0.25, -0.2) is 4.98 Å². The van der Waals surface area contributed by atoms with Crippen LogP contribution in [0.15, 0.2) is 31.0 Å². The highest BCUT2D eigenvalue weighted by Crippen LogP contribution is 2.27. The van der Waals surface area contributed by atoms with Crippen LogP contribution in [0.4, 0.5) is 5.82 Å². The molecule has 1 fully saturated rings. The van der Waals surface area contributed by atoms with E-state index in [0.717, 1.165) is 31.0 Å². The number of rotatable bonds is 3. The number of alkyl halides is 1. The summed E-state index contributed by atoms with van der Waals surface area (Å²) >= 11 is 6.54. The van der Waals surface area contributed by atoms with Gasteiger partial charge < -0.3 is 4.90 Å². The Bertz CT molecular complexity index is 531. The van der Waals surface area contributed by atoms with Crippen LogP contribution >= 0.6 is 11.6 Å². The smallest absolute Gasteiger partial charge is 0.147 e. The van der Waals surface area contributed by atoms with Crippen LogP contribution in [-0.4, -0.2) is 50.2 Å². The first-order valence-electron chi connectivity index (χ1n) is 6.65. The van der Waals surface area contributed by atoms with E-state index in [1.165, 1.54) is 0 Å². The maximum absolute atomic E-state index is 6.54. The second-order valence-corrected chi connectivity index (χ2v) is 5.39. The minimum Gasteiger partial charge on any atom is -0.351 e. The average Bonchev–Trinajstić information content (AvgIpc) is 3.01. The molecule has 2 aromatic heterocycles. The first-order valence-corrected chi connectivity index (χ1v) is 7.09. The maximum atomic E-state index is 6.54. The molecule has 0 aromatic carbocycles. The SMILES string of the molecule is CC(c1cn[nH]c1)N1CCN(c2cnccn2)CC1Cl. The van der Waals surface area contributed by atoms with Crippen LogP contribution < -0.4 is 4.90 Å². The standard InChI is InChI=1S/C13H17ClN6/c1-10(11-6-17-18-7-11)20-5-4-19(9-12(20)14)13-8-15-2-3-16-13/h2-3,6-8,10,12H,4-5,9H2,1H3,(H,17,18). The summed E-state index contributed by atoms with van der Waals surface area (Å²) in [5.74, 6) is 0.883. The van der Waals surface area contributed by atoms with E-state index < -0.39 is 0 Å². The monoisotopic (exact) mass is 292 g/mol. The molecule has 0 amide bonds. The molecule has 2 atom stereocenters. The zero-order valence-corrected chi connectivity index (χ0v) is 12.0. The van der Waals surface area contributed by atoms with E-state index in [1.54, 1.807) is 18.6 Å². The number of hydrogen-bond donors (Lipinski definition) is 1. The number of piperazine rings is 1. The molecule has 1 N–H and O–H groups in total. The Labute approximate surface area is 122 Å². The molecule has 0 spiro atoms. The Morgan fingerprint density at radius 1 is 1.35 bits per heavy atom. The molecule has 0 bridgehead atoms. The van der Waals surface area contributed by atoms with E-state index in [2.05, 4.69) is 36.9 Å². The fourth-order valence-corrected chi connectivity index (χ4v) is 2.97. The van der Waals surface area contributed by atoms with E-state index in [-0.39, 0.29) is 11.5 Å². The summed E-state index contributed by atoms with van der Waals surface area (Å²) in [6, 6.07) is 0.250. The summed E-state index contributed by atoms with van der Waals surface area (Å²) in [5, 5.41) is 6.85.